The molecule has 1 unspecified atom stereocenters. The van der Waals surface area contributed by atoms with Gasteiger partial charge in [-0.1, -0.05) is 23.1 Å². The van der Waals surface area contributed by atoms with E-state index < -0.39 is 5.97 Å². The highest BCUT2D eigenvalue weighted by Gasteiger charge is 2.19. The second-order valence-corrected chi connectivity index (χ2v) is 9.36. The SMILES string of the molecule is CCOC(=O)CSc1nnc(N=Nc2ccc(N(CC)C(C)CC(=O)OCC#N)cc2NC(C)=O)s1. The van der Waals surface area contributed by atoms with E-state index >= 15 is 0 Å². The average Bonchev–Trinajstić information content (AvgIpc) is 3.29. The first kappa shape index (κ1) is 28.7. The molecule has 0 saturated heterocycles. The van der Waals surface area contributed by atoms with Crippen molar-refractivity contribution in [1.82, 2.24) is 10.2 Å². The van der Waals surface area contributed by atoms with E-state index in [4.69, 9.17) is 14.7 Å². The quantitative estimate of drug-likeness (QED) is 0.224. The first-order chi connectivity index (χ1) is 17.3. The van der Waals surface area contributed by atoms with Crippen molar-refractivity contribution in [1.29, 1.82) is 5.26 Å². The summed E-state index contributed by atoms with van der Waals surface area (Å²) in [4.78, 5) is 37.2. The molecule has 0 saturated carbocycles. The van der Waals surface area contributed by atoms with E-state index in [-0.39, 0.29) is 36.7 Å². The van der Waals surface area contributed by atoms with Crippen LogP contribution in [0, 0.1) is 11.3 Å². The summed E-state index contributed by atoms with van der Waals surface area (Å²) in [6, 6.07) is 6.81. The Morgan fingerprint density at radius 1 is 1.22 bits per heavy atom. The lowest BCUT2D eigenvalue weighted by atomic mass is 10.1. The molecule has 0 bridgehead atoms. The van der Waals surface area contributed by atoms with Gasteiger partial charge >= 0.3 is 11.9 Å². The molecule has 0 spiro atoms. The summed E-state index contributed by atoms with van der Waals surface area (Å²) < 4.78 is 10.3. The summed E-state index contributed by atoms with van der Waals surface area (Å²) in [6.45, 7) is 7.55. The van der Waals surface area contributed by atoms with Crippen LogP contribution in [0.15, 0.2) is 32.8 Å². The van der Waals surface area contributed by atoms with Crippen molar-refractivity contribution in [3.05, 3.63) is 18.2 Å². The lowest BCUT2D eigenvalue weighted by Gasteiger charge is -2.30. The summed E-state index contributed by atoms with van der Waals surface area (Å²) in [6.07, 6.45) is 0.0972. The predicted molar refractivity (Wildman–Crippen MR) is 136 cm³/mol. The maximum atomic E-state index is 11.9. The molecule has 0 aliphatic heterocycles. The van der Waals surface area contributed by atoms with Gasteiger partial charge in [-0.2, -0.15) is 5.26 Å². The second-order valence-electron chi connectivity index (χ2n) is 7.18. The van der Waals surface area contributed by atoms with Crippen LogP contribution in [0.3, 0.4) is 0 Å². The molecule has 1 heterocycles. The van der Waals surface area contributed by atoms with E-state index in [0.29, 0.717) is 34.0 Å². The average molecular weight is 534 g/mol. The van der Waals surface area contributed by atoms with E-state index in [2.05, 4.69) is 25.7 Å². The Bertz CT molecular complexity index is 1130. The summed E-state index contributed by atoms with van der Waals surface area (Å²) in [5.74, 6) is -0.966. The summed E-state index contributed by atoms with van der Waals surface area (Å²) in [7, 11) is 0. The Balaban J connectivity index is 2.18. The van der Waals surface area contributed by atoms with Crippen molar-refractivity contribution in [2.75, 3.05) is 35.7 Å². The number of nitriles is 1. The number of ether oxygens (including phenoxy) is 2. The number of carbonyl (C=O) groups is 3. The second kappa shape index (κ2) is 14.7. The molecule has 14 heteroatoms. The number of benzene rings is 1. The number of esters is 2. The Kier molecular flexibility index (Phi) is 11.7. The smallest absolute Gasteiger partial charge is 0.316 e. The van der Waals surface area contributed by atoms with Crippen LogP contribution in [0.4, 0.5) is 22.2 Å². The molecule has 12 nitrogen and oxygen atoms in total. The number of hydrogen-bond donors (Lipinski definition) is 1. The Morgan fingerprint density at radius 2 is 2.00 bits per heavy atom. The number of carbonyl (C=O) groups excluding carboxylic acids is 3. The minimum atomic E-state index is -0.466. The lowest BCUT2D eigenvalue weighted by molar-refractivity contribution is -0.142. The Labute approximate surface area is 217 Å². The number of thioether (sulfide) groups is 1. The normalized spacial score (nSPS) is 11.5. The fraction of sp³-hybridized carbons (Fsp3) is 0.455. The first-order valence-electron chi connectivity index (χ1n) is 11.0. The third-order valence-electron chi connectivity index (χ3n) is 4.51. The first-order valence-corrected chi connectivity index (χ1v) is 12.8. The number of nitrogens with one attached hydrogen (secondary N) is 1. The Morgan fingerprint density at radius 3 is 2.67 bits per heavy atom. The Hall–Kier alpha value is -3.57. The topological polar surface area (TPSA) is 159 Å². The van der Waals surface area contributed by atoms with Crippen LogP contribution in [-0.4, -0.2) is 59.6 Å². The molecule has 192 valence electrons. The highest BCUT2D eigenvalue weighted by atomic mass is 32.2. The molecule has 1 atom stereocenters. The fourth-order valence-electron chi connectivity index (χ4n) is 3.07. The monoisotopic (exact) mass is 533 g/mol. The number of amides is 1. The van der Waals surface area contributed by atoms with E-state index in [0.717, 1.165) is 5.69 Å². The van der Waals surface area contributed by atoms with Crippen molar-refractivity contribution in [3.63, 3.8) is 0 Å². The minimum Gasteiger partial charge on any atom is -0.465 e. The maximum Gasteiger partial charge on any atom is 0.316 e. The fourth-order valence-corrected chi connectivity index (χ4v) is 4.53. The van der Waals surface area contributed by atoms with Gasteiger partial charge in [0.2, 0.25) is 5.91 Å². The zero-order valence-electron chi connectivity index (χ0n) is 20.4. The van der Waals surface area contributed by atoms with Crippen molar-refractivity contribution in [2.45, 2.75) is 44.5 Å². The molecule has 2 rings (SSSR count). The summed E-state index contributed by atoms with van der Waals surface area (Å²) in [5, 5.41) is 27.9. The predicted octanol–water partition coefficient (Wildman–Crippen LogP) is 4.24. The number of rotatable bonds is 13. The zero-order chi connectivity index (χ0) is 26.5. The van der Waals surface area contributed by atoms with Gasteiger partial charge in [-0.05, 0) is 39.0 Å². The summed E-state index contributed by atoms with van der Waals surface area (Å²) in [5.41, 5.74) is 1.60. The van der Waals surface area contributed by atoms with Gasteiger partial charge in [0.05, 0.1) is 24.5 Å². The van der Waals surface area contributed by atoms with E-state index in [9.17, 15) is 14.4 Å². The van der Waals surface area contributed by atoms with Crippen LogP contribution in [0.5, 0.6) is 0 Å². The summed E-state index contributed by atoms with van der Waals surface area (Å²) >= 11 is 2.37. The van der Waals surface area contributed by atoms with Crippen LogP contribution < -0.4 is 10.2 Å². The van der Waals surface area contributed by atoms with E-state index in [1.165, 1.54) is 30.0 Å². The van der Waals surface area contributed by atoms with Crippen molar-refractivity contribution in [2.24, 2.45) is 10.2 Å². The van der Waals surface area contributed by atoms with Crippen LogP contribution >= 0.6 is 23.1 Å². The van der Waals surface area contributed by atoms with Gasteiger partial charge in [0.15, 0.2) is 10.9 Å². The van der Waals surface area contributed by atoms with Gasteiger partial charge in [-0.3, -0.25) is 14.4 Å². The molecule has 0 aliphatic rings. The third kappa shape index (κ3) is 9.23. The van der Waals surface area contributed by atoms with E-state index in [1.54, 1.807) is 31.2 Å². The maximum absolute atomic E-state index is 11.9. The molecule has 2 aromatic rings. The van der Waals surface area contributed by atoms with Crippen molar-refractivity contribution < 1.29 is 23.9 Å². The number of anilines is 2. The van der Waals surface area contributed by atoms with Gasteiger partial charge in [0.1, 0.15) is 11.8 Å². The van der Waals surface area contributed by atoms with Crippen LogP contribution in [0.2, 0.25) is 0 Å². The van der Waals surface area contributed by atoms with Crippen molar-refractivity contribution >= 4 is 63.1 Å². The molecular weight excluding hydrogens is 506 g/mol. The molecule has 1 amide bonds. The number of azo groups is 1. The van der Waals surface area contributed by atoms with Gasteiger partial charge in [-0.25, -0.2) is 0 Å². The standard InChI is InChI=1S/C22H27N7O5S2/c1-5-29(14(3)11-19(31)34-10-9-23)16-7-8-17(18(12-16)24-15(4)30)25-26-21-27-28-22(36-21)35-13-20(32)33-6-2/h7-8,12,14H,5-6,10-11,13H2,1-4H3,(H,24,30). The van der Waals surface area contributed by atoms with Gasteiger partial charge in [-0.15, -0.1) is 20.4 Å². The molecule has 0 radical (unpaired) electrons. The van der Waals surface area contributed by atoms with Crippen LogP contribution in [0.25, 0.3) is 0 Å². The minimum absolute atomic E-state index is 0.0972. The van der Waals surface area contributed by atoms with Crippen LogP contribution in [-0.2, 0) is 23.9 Å². The van der Waals surface area contributed by atoms with Gasteiger partial charge in [0, 0.05) is 25.2 Å². The number of aromatic nitrogens is 2. The van der Waals surface area contributed by atoms with Crippen LogP contribution in [0.1, 0.15) is 34.1 Å². The largest absolute Gasteiger partial charge is 0.465 e. The molecule has 1 aromatic carbocycles. The number of nitrogens with zero attached hydrogens (tertiary/aromatic N) is 6. The zero-order valence-corrected chi connectivity index (χ0v) is 22.0. The molecule has 1 N–H and O–H groups in total. The lowest BCUT2D eigenvalue weighted by Crippen LogP contribution is -2.35. The molecule has 36 heavy (non-hydrogen) atoms. The molecular formula is C22H27N7O5S2. The van der Waals surface area contributed by atoms with Crippen molar-refractivity contribution in [3.8, 4) is 6.07 Å². The highest BCUT2D eigenvalue weighted by molar-refractivity contribution is 8.01. The van der Waals surface area contributed by atoms with E-state index in [1.807, 2.05) is 18.7 Å². The third-order valence-corrected chi connectivity index (χ3v) is 6.43. The number of hydrogen-bond acceptors (Lipinski definition) is 13. The molecule has 0 aliphatic carbocycles. The molecule has 1 aromatic heterocycles. The van der Waals surface area contributed by atoms with Gasteiger partial charge in [0.25, 0.3) is 5.13 Å². The van der Waals surface area contributed by atoms with Gasteiger partial charge < -0.3 is 19.7 Å². The molecule has 0 fully saturated rings. The highest BCUT2D eigenvalue weighted by Crippen LogP contribution is 2.34.